The summed E-state index contributed by atoms with van der Waals surface area (Å²) in [5.74, 6) is -0.547. The van der Waals surface area contributed by atoms with Crippen molar-refractivity contribution in [1.29, 1.82) is 0 Å². The molecule has 2 aromatic rings. The van der Waals surface area contributed by atoms with Crippen molar-refractivity contribution in [3.63, 3.8) is 0 Å². The highest BCUT2D eigenvalue weighted by Gasteiger charge is 2.12. The van der Waals surface area contributed by atoms with Gasteiger partial charge in [-0.05, 0) is 54.8 Å². The van der Waals surface area contributed by atoms with Crippen LogP contribution in [0.3, 0.4) is 0 Å². The Morgan fingerprint density at radius 1 is 1.04 bits per heavy atom. The number of hydrogen-bond donors (Lipinski definition) is 2. The Morgan fingerprint density at radius 3 is 2.28 bits per heavy atom. The molecule has 0 heterocycles. The van der Waals surface area contributed by atoms with Crippen LogP contribution < -0.4 is 10.0 Å². The van der Waals surface area contributed by atoms with Gasteiger partial charge in [-0.2, -0.15) is 0 Å². The third kappa shape index (κ3) is 5.95. The van der Waals surface area contributed by atoms with Gasteiger partial charge in [-0.1, -0.05) is 19.1 Å². The van der Waals surface area contributed by atoms with Crippen LogP contribution in [0.1, 0.15) is 25.3 Å². The van der Waals surface area contributed by atoms with E-state index >= 15 is 0 Å². The molecule has 0 saturated heterocycles. The number of carbonyl (C=O) groups is 1. The Kier molecular flexibility index (Phi) is 6.66. The number of amides is 1. The van der Waals surface area contributed by atoms with Gasteiger partial charge in [0.2, 0.25) is 15.9 Å². The van der Waals surface area contributed by atoms with Crippen molar-refractivity contribution >= 4 is 21.6 Å². The van der Waals surface area contributed by atoms with Gasteiger partial charge in [0.05, 0.1) is 4.90 Å². The van der Waals surface area contributed by atoms with Gasteiger partial charge in [-0.3, -0.25) is 4.79 Å². The molecule has 2 rings (SSSR count). The zero-order valence-electron chi connectivity index (χ0n) is 14.0. The van der Waals surface area contributed by atoms with E-state index in [4.69, 9.17) is 0 Å². The van der Waals surface area contributed by atoms with E-state index in [2.05, 4.69) is 10.0 Å². The molecule has 0 saturated carbocycles. The number of hydrogen-bond acceptors (Lipinski definition) is 3. The lowest BCUT2D eigenvalue weighted by atomic mass is 10.1. The minimum absolute atomic E-state index is 0.187. The standard InChI is InChI=1S/C18H21FN2O3S/c1-2-13-20-25(23,24)17-10-3-14(4-11-17)5-12-18(22)21-16-8-6-15(19)7-9-16/h3-4,6-11,20H,2,5,12-13H2,1H3,(H,21,22). The number of anilines is 1. The Labute approximate surface area is 147 Å². The summed E-state index contributed by atoms with van der Waals surface area (Å²) < 4.78 is 39.3. The molecule has 25 heavy (non-hydrogen) atoms. The van der Waals surface area contributed by atoms with Crippen LogP contribution in [-0.4, -0.2) is 20.9 Å². The van der Waals surface area contributed by atoms with E-state index in [0.29, 0.717) is 18.7 Å². The molecule has 1 amide bonds. The maximum absolute atomic E-state index is 12.8. The van der Waals surface area contributed by atoms with E-state index < -0.39 is 10.0 Å². The van der Waals surface area contributed by atoms with E-state index in [1.807, 2.05) is 6.92 Å². The lowest BCUT2D eigenvalue weighted by Crippen LogP contribution is -2.24. The van der Waals surface area contributed by atoms with Crippen molar-refractivity contribution in [3.8, 4) is 0 Å². The SMILES string of the molecule is CCCNS(=O)(=O)c1ccc(CCC(=O)Nc2ccc(F)cc2)cc1. The summed E-state index contributed by atoms with van der Waals surface area (Å²) >= 11 is 0. The van der Waals surface area contributed by atoms with Crippen LogP contribution >= 0.6 is 0 Å². The van der Waals surface area contributed by atoms with Gasteiger partial charge in [0.15, 0.2) is 0 Å². The van der Waals surface area contributed by atoms with E-state index in [1.165, 1.54) is 36.4 Å². The first-order valence-corrected chi connectivity index (χ1v) is 9.53. The average Bonchev–Trinajstić information content (AvgIpc) is 2.60. The molecule has 134 valence electrons. The van der Waals surface area contributed by atoms with E-state index in [-0.39, 0.29) is 23.0 Å². The van der Waals surface area contributed by atoms with Gasteiger partial charge in [-0.15, -0.1) is 0 Å². The monoisotopic (exact) mass is 364 g/mol. The third-order valence-electron chi connectivity index (χ3n) is 3.54. The lowest BCUT2D eigenvalue weighted by molar-refractivity contribution is -0.116. The molecule has 0 aliphatic heterocycles. The molecule has 0 unspecified atom stereocenters. The summed E-state index contributed by atoms with van der Waals surface area (Å²) in [5, 5.41) is 2.69. The fraction of sp³-hybridized carbons (Fsp3) is 0.278. The Bertz CT molecular complexity index is 803. The van der Waals surface area contributed by atoms with Crippen LogP contribution in [0.25, 0.3) is 0 Å². The van der Waals surface area contributed by atoms with Crippen molar-refractivity contribution in [3.05, 3.63) is 59.9 Å². The molecule has 0 aromatic heterocycles. The normalized spacial score (nSPS) is 11.3. The Balaban J connectivity index is 1.88. The molecule has 2 N–H and O–H groups in total. The molecule has 0 radical (unpaired) electrons. The van der Waals surface area contributed by atoms with Crippen LogP contribution in [0.2, 0.25) is 0 Å². The number of benzene rings is 2. The second kappa shape index (κ2) is 8.73. The summed E-state index contributed by atoms with van der Waals surface area (Å²) in [6.45, 7) is 2.29. The molecule has 0 spiro atoms. The van der Waals surface area contributed by atoms with Gasteiger partial charge >= 0.3 is 0 Å². The first-order valence-electron chi connectivity index (χ1n) is 8.05. The minimum atomic E-state index is -3.47. The molecule has 0 fully saturated rings. The van der Waals surface area contributed by atoms with Gasteiger partial charge in [0.25, 0.3) is 0 Å². The van der Waals surface area contributed by atoms with Crippen LogP contribution in [0, 0.1) is 5.82 Å². The first-order chi connectivity index (χ1) is 11.9. The van der Waals surface area contributed by atoms with Crippen LogP contribution in [0.4, 0.5) is 10.1 Å². The molecule has 5 nitrogen and oxygen atoms in total. The topological polar surface area (TPSA) is 75.3 Å². The van der Waals surface area contributed by atoms with Crippen LogP contribution in [0.5, 0.6) is 0 Å². The highest BCUT2D eigenvalue weighted by atomic mass is 32.2. The largest absolute Gasteiger partial charge is 0.326 e. The van der Waals surface area contributed by atoms with Crippen LogP contribution in [0.15, 0.2) is 53.4 Å². The number of sulfonamides is 1. The minimum Gasteiger partial charge on any atom is -0.326 e. The molecular weight excluding hydrogens is 343 g/mol. The fourth-order valence-electron chi connectivity index (χ4n) is 2.17. The van der Waals surface area contributed by atoms with E-state index in [1.54, 1.807) is 12.1 Å². The van der Waals surface area contributed by atoms with Gasteiger partial charge in [-0.25, -0.2) is 17.5 Å². The number of carbonyl (C=O) groups excluding carboxylic acids is 1. The second-order valence-corrected chi connectivity index (χ2v) is 7.36. The number of rotatable bonds is 8. The van der Waals surface area contributed by atoms with E-state index in [9.17, 15) is 17.6 Å². The van der Waals surface area contributed by atoms with E-state index in [0.717, 1.165) is 12.0 Å². The smallest absolute Gasteiger partial charge is 0.240 e. The van der Waals surface area contributed by atoms with Gasteiger partial charge in [0, 0.05) is 18.7 Å². The zero-order valence-corrected chi connectivity index (χ0v) is 14.8. The maximum Gasteiger partial charge on any atom is 0.240 e. The molecule has 0 atom stereocenters. The molecule has 7 heteroatoms. The van der Waals surface area contributed by atoms with Crippen molar-refractivity contribution in [1.82, 2.24) is 4.72 Å². The quantitative estimate of drug-likeness (QED) is 0.756. The lowest BCUT2D eigenvalue weighted by Gasteiger charge is -2.07. The summed E-state index contributed by atoms with van der Waals surface area (Å²) in [4.78, 5) is 12.1. The highest BCUT2D eigenvalue weighted by Crippen LogP contribution is 2.13. The van der Waals surface area contributed by atoms with Crippen molar-refractivity contribution in [2.75, 3.05) is 11.9 Å². The number of nitrogens with one attached hydrogen (secondary N) is 2. The molecule has 2 aromatic carbocycles. The average molecular weight is 364 g/mol. The van der Waals surface area contributed by atoms with Gasteiger partial charge in [0.1, 0.15) is 5.82 Å². The molecule has 0 bridgehead atoms. The molecular formula is C18H21FN2O3S. The number of aryl methyl sites for hydroxylation is 1. The predicted molar refractivity (Wildman–Crippen MR) is 95.3 cm³/mol. The van der Waals surface area contributed by atoms with Crippen molar-refractivity contribution in [2.45, 2.75) is 31.1 Å². The maximum atomic E-state index is 12.8. The Hall–Kier alpha value is -2.25. The first kappa shape index (κ1) is 19.1. The fourth-order valence-corrected chi connectivity index (χ4v) is 3.30. The predicted octanol–water partition coefficient (Wildman–Crippen LogP) is 3.09. The highest BCUT2D eigenvalue weighted by molar-refractivity contribution is 7.89. The summed E-state index contributed by atoms with van der Waals surface area (Å²) in [5.41, 5.74) is 1.40. The van der Waals surface area contributed by atoms with Crippen molar-refractivity contribution in [2.24, 2.45) is 0 Å². The summed E-state index contributed by atoms with van der Waals surface area (Å²) in [7, 11) is -3.47. The molecule has 0 aliphatic carbocycles. The third-order valence-corrected chi connectivity index (χ3v) is 5.02. The molecule has 0 aliphatic rings. The Morgan fingerprint density at radius 2 is 1.68 bits per heavy atom. The van der Waals surface area contributed by atoms with Gasteiger partial charge < -0.3 is 5.32 Å². The number of halogens is 1. The second-order valence-electron chi connectivity index (χ2n) is 5.60. The van der Waals surface area contributed by atoms with Crippen molar-refractivity contribution < 1.29 is 17.6 Å². The zero-order chi connectivity index (χ0) is 18.3. The summed E-state index contributed by atoms with van der Waals surface area (Å²) in [6.07, 6.45) is 1.45. The van der Waals surface area contributed by atoms with Crippen LogP contribution in [-0.2, 0) is 21.2 Å². The summed E-state index contributed by atoms with van der Waals surface area (Å²) in [6, 6.07) is 12.0.